The zero-order valence-corrected chi connectivity index (χ0v) is 35.6. The average molecular weight is 801 g/mol. The molecule has 2 amide bonds. The molecule has 59 heavy (non-hydrogen) atoms. The number of nitrogens with zero attached hydrogens (tertiary/aromatic N) is 8. The first-order valence-electron chi connectivity index (χ1n) is 21.0. The third-order valence-corrected chi connectivity index (χ3v) is 11.0. The van der Waals surface area contributed by atoms with Gasteiger partial charge in [0, 0.05) is 80.7 Å². The molecule has 1 aromatic carbocycles. The number of hydrogen-bond acceptors (Lipinski definition) is 11. The zero-order valence-electron chi connectivity index (χ0n) is 35.6. The Morgan fingerprint density at radius 2 is 1.49 bits per heavy atom. The molecule has 2 N–H and O–H groups in total. The van der Waals surface area contributed by atoms with Gasteiger partial charge < -0.3 is 25.2 Å². The summed E-state index contributed by atoms with van der Waals surface area (Å²) in [4.78, 5) is 55.3. The maximum Gasteiger partial charge on any atom is 0.242 e. The van der Waals surface area contributed by atoms with E-state index < -0.39 is 0 Å². The van der Waals surface area contributed by atoms with Crippen molar-refractivity contribution in [2.75, 3.05) is 42.9 Å². The monoisotopic (exact) mass is 800 g/mol. The smallest absolute Gasteiger partial charge is 0.242 e. The van der Waals surface area contributed by atoms with Crippen LogP contribution >= 0.6 is 0 Å². The number of pyridine rings is 2. The molecule has 0 spiro atoms. The number of anilines is 3. The molecule has 13 heteroatoms. The topological polar surface area (TPSA) is 151 Å². The number of carbonyl (C=O) groups excluding carboxylic acids is 2. The molecule has 0 radical (unpaired) electrons. The van der Waals surface area contributed by atoms with Crippen molar-refractivity contribution >= 4 is 29.1 Å². The number of fused-ring (bicyclic) bond motifs is 2. The molecule has 1 saturated heterocycles. The summed E-state index contributed by atoms with van der Waals surface area (Å²) in [6.07, 6.45) is 13.5. The molecule has 1 aliphatic heterocycles. The quantitative estimate of drug-likeness (QED) is 0.151. The van der Waals surface area contributed by atoms with Crippen molar-refractivity contribution in [3.63, 3.8) is 0 Å². The van der Waals surface area contributed by atoms with Crippen LogP contribution in [0.5, 0.6) is 5.75 Å². The van der Waals surface area contributed by atoms with Crippen LogP contribution in [0.4, 0.5) is 17.3 Å². The number of aryl methyl sites for hydroxylation is 2. The van der Waals surface area contributed by atoms with Crippen LogP contribution in [0.25, 0.3) is 23.0 Å². The molecule has 1 atom stereocenters. The molecular formula is C46H60N10O3. The molecule has 2 fully saturated rings. The number of likely N-dealkylation sites (N-methyl/N-ethyl adjacent to an activating group) is 1. The Morgan fingerprint density at radius 3 is 2.12 bits per heavy atom. The van der Waals surface area contributed by atoms with Gasteiger partial charge in [-0.2, -0.15) is 0 Å². The van der Waals surface area contributed by atoms with E-state index in [9.17, 15) is 9.59 Å². The highest BCUT2D eigenvalue weighted by Gasteiger charge is 2.40. The first-order chi connectivity index (χ1) is 28.7. The van der Waals surface area contributed by atoms with Gasteiger partial charge in [-0.15, -0.1) is 0 Å². The lowest BCUT2D eigenvalue weighted by Gasteiger charge is -2.28. The summed E-state index contributed by atoms with van der Waals surface area (Å²) >= 11 is 0. The third kappa shape index (κ3) is 10.4. The first kappa shape index (κ1) is 42.6. The summed E-state index contributed by atoms with van der Waals surface area (Å²) in [6, 6.07) is 19.0. The van der Waals surface area contributed by atoms with E-state index in [1.807, 2.05) is 105 Å². The van der Waals surface area contributed by atoms with Gasteiger partial charge in [0.25, 0.3) is 0 Å². The van der Waals surface area contributed by atoms with Crippen molar-refractivity contribution in [1.82, 2.24) is 35.2 Å². The van der Waals surface area contributed by atoms with Crippen LogP contribution in [0, 0.1) is 0 Å². The Bertz CT molecular complexity index is 2200. The zero-order chi connectivity index (χ0) is 41.9. The summed E-state index contributed by atoms with van der Waals surface area (Å²) in [5.41, 5.74) is 7.16. The normalized spacial score (nSPS) is 15.8. The standard InChI is InChI=1S/C20H25N5O.C14H16N4O.C10H11NO.C2H6.H2/c1-13(19(26)24-20(2)10-11-20)25(3)18-14-7-6-9-15(14)22-17(23-18)16-8-4-5-12-21-16;1-15-13-10-4-3-5-11(10)17-14(18-13)12-8-9(19-2)6-7-16-12;12-10-7-4-8-11(10)9-5-2-1-3-6-9;1-2;/h4-5,8,12-13H,6-7,9-11H2,1-3H3,(H,24,26);6-8H,3-5H2,1-2H3,(H,15,17,18);1-3,5-6H,4,7-8H2;1-2H3;1H/t13-;;;;/m1..../s1. The van der Waals surface area contributed by atoms with Gasteiger partial charge in [0.15, 0.2) is 11.6 Å². The van der Waals surface area contributed by atoms with E-state index in [0.29, 0.717) is 18.1 Å². The fraction of sp³-hybridized carbons (Fsp3) is 0.435. The van der Waals surface area contributed by atoms with Crippen LogP contribution in [0.15, 0.2) is 73.1 Å². The SMILES string of the molecule is CC.CNc1nc(-c2cc(OC)ccn2)nc2c1CCC2.C[C@H](C(=O)NC1(C)CC1)N(C)c1nc(-c2ccccn2)nc2c1CCC2.O=C1CCCN1c1ccccc1.[HH]. The van der Waals surface area contributed by atoms with Crippen molar-refractivity contribution in [1.29, 1.82) is 0 Å². The van der Waals surface area contributed by atoms with Gasteiger partial charge in [-0.1, -0.05) is 38.1 Å². The van der Waals surface area contributed by atoms with E-state index in [4.69, 9.17) is 14.7 Å². The summed E-state index contributed by atoms with van der Waals surface area (Å²) in [5.74, 6) is 4.14. The Kier molecular flexibility index (Phi) is 14.2. The molecule has 4 aliphatic rings. The minimum atomic E-state index is -0.288. The van der Waals surface area contributed by atoms with Crippen molar-refractivity contribution in [3.8, 4) is 28.8 Å². The number of methoxy groups -OCH3 is 1. The molecule has 5 heterocycles. The number of ether oxygens (including phenoxy) is 1. The summed E-state index contributed by atoms with van der Waals surface area (Å²) in [5, 5.41) is 6.31. The first-order valence-corrected chi connectivity index (χ1v) is 21.0. The van der Waals surface area contributed by atoms with Crippen LogP contribution in [-0.2, 0) is 35.3 Å². The second-order valence-corrected chi connectivity index (χ2v) is 15.2. The molecule has 0 bridgehead atoms. The molecule has 312 valence electrons. The van der Waals surface area contributed by atoms with Gasteiger partial charge in [0.1, 0.15) is 34.8 Å². The predicted molar refractivity (Wildman–Crippen MR) is 236 cm³/mol. The third-order valence-electron chi connectivity index (χ3n) is 11.0. The Morgan fingerprint density at radius 1 is 0.831 bits per heavy atom. The highest BCUT2D eigenvalue weighted by atomic mass is 16.5. The number of rotatable bonds is 9. The van der Waals surface area contributed by atoms with Crippen LogP contribution in [-0.4, -0.2) is 81.0 Å². The maximum absolute atomic E-state index is 12.7. The van der Waals surface area contributed by atoms with Crippen molar-refractivity contribution in [3.05, 3.63) is 95.6 Å². The number of para-hydroxylation sites is 1. The fourth-order valence-electron chi connectivity index (χ4n) is 7.33. The lowest BCUT2D eigenvalue weighted by atomic mass is 10.1. The number of nitrogens with one attached hydrogen (secondary N) is 2. The van der Waals surface area contributed by atoms with E-state index in [0.717, 1.165) is 110 Å². The van der Waals surface area contributed by atoms with E-state index >= 15 is 0 Å². The maximum atomic E-state index is 12.7. The van der Waals surface area contributed by atoms with Gasteiger partial charge in [-0.25, -0.2) is 19.9 Å². The minimum absolute atomic E-state index is 0. The minimum Gasteiger partial charge on any atom is -0.497 e. The van der Waals surface area contributed by atoms with Gasteiger partial charge in [-0.05, 0) is 102 Å². The van der Waals surface area contributed by atoms with Crippen molar-refractivity contribution < 1.29 is 15.8 Å². The second kappa shape index (κ2) is 19.6. The number of benzene rings is 1. The largest absolute Gasteiger partial charge is 0.497 e. The lowest BCUT2D eigenvalue weighted by Crippen LogP contribution is -2.47. The van der Waals surface area contributed by atoms with Gasteiger partial charge in [0.05, 0.1) is 7.11 Å². The van der Waals surface area contributed by atoms with Gasteiger partial charge >= 0.3 is 0 Å². The average Bonchev–Trinajstić information content (AvgIpc) is 3.69. The van der Waals surface area contributed by atoms with E-state index in [2.05, 4.69) is 37.5 Å². The Balaban J connectivity index is 0.000000176. The number of hydrogen-bond donors (Lipinski definition) is 2. The lowest BCUT2D eigenvalue weighted by molar-refractivity contribution is -0.123. The Labute approximate surface area is 350 Å². The van der Waals surface area contributed by atoms with E-state index in [1.54, 1.807) is 19.5 Å². The van der Waals surface area contributed by atoms with Crippen LogP contribution in [0.1, 0.15) is 90.2 Å². The highest BCUT2D eigenvalue weighted by molar-refractivity contribution is 5.95. The van der Waals surface area contributed by atoms with Crippen LogP contribution < -0.4 is 25.2 Å². The molecule has 9 rings (SSSR count). The van der Waals surface area contributed by atoms with Gasteiger partial charge in [0.2, 0.25) is 11.8 Å². The van der Waals surface area contributed by atoms with Crippen molar-refractivity contribution in [2.24, 2.45) is 0 Å². The molecular weight excluding hydrogens is 741 g/mol. The summed E-state index contributed by atoms with van der Waals surface area (Å²) in [7, 11) is 5.48. The van der Waals surface area contributed by atoms with Crippen LogP contribution in [0.2, 0.25) is 0 Å². The van der Waals surface area contributed by atoms with E-state index in [1.165, 1.54) is 11.1 Å². The van der Waals surface area contributed by atoms with Crippen molar-refractivity contribution in [2.45, 2.75) is 103 Å². The molecule has 3 aliphatic carbocycles. The Hall–Kier alpha value is -5.98. The molecule has 0 unspecified atom stereocenters. The number of amides is 2. The number of aromatic nitrogens is 6. The second-order valence-electron chi connectivity index (χ2n) is 15.2. The van der Waals surface area contributed by atoms with Crippen LogP contribution in [0.3, 0.4) is 0 Å². The molecule has 1 saturated carbocycles. The summed E-state index contributed by atoms with van der Waals surface area (Å²) in [6.45, 7) is 8.91. The molecule has 4 aromatic heterocycles. The van der Waals surface area contributed by atoms with Gasteiger partial charge in [-0.3, -0.25) is 19.6 Å². The summed E-state index contributed by atoms with van der Waals surface area (Å²) < 4.78 is 5.21. The van der Waals surface area contributed by atoms with E-state index in [-0.39, 0.29) is 24.8 Å². The molecule has 13 nitrogen and oxygen atoms in total. The molecule has 5 aromatic rings. The fourth-order valence-corrected chi connectivity index (χ4v) is 7.33. The predicted octanol–water partition coefficient (Wildman–Crippen LogP) is 7.68. The highest BCUT2D eigenvalue weighted by Crippen LogP contribution is 2.35. The number of carbonyl (C=O) groups is 2.